The number of ether oxygens (including phenoxy) is 2. The van der Waals surface area contributed by atoms with Gasteiger partial charge >= 0.3 is 6.18 Å². The lowest BCUT2D eigenvalue weighted by atomic mass is 9.92. The van der Waals surface area contributed by atoms with E-state index in [0.717, 1.165) is 37.1 Å². The molecule has 2 aromatic rings. The van der Waals surface area contributed by atoms with Crippen molar-refractivity contribution >= 4 is 0 Å². The lowest BCUT2D eigenvalue weighted by Crippen LogP contribution is -2.47. The van der Waals surface area contributed by atoms with Gasteiger partial charge in [0.2, 0.25) is 0 Å². The molecule has 2 aromatic carbocycles. The zero-order chi connectivity index (χ0) is 21.7. The highest BCUT2D eigenvalue weighted by Gasteiger charge is 2.34. The highest BCUT2D eigenvalue weighted by atomic mass is 19.4. The van der Waals surface area contributed by atoms with Gasteiger partial charge < -0.3 is 14.8 Å². The minimum atomic E-state index is -4.44. The van der Waals surface area contributed by atoms with Crippen molar-refractivity contribution in [2.45, 2.75) is 57.3 Å². The average Bonchev–Trinajstić information content (AvgIpc) is 2.72. The first-order chi connectivity index (χ1) is 14.3. The van der Waals surface area contributed by atoms with Gasteiger partial charge in [-0.15, -0.1) is 0 Å². The van der Waals surface area contributed by atoms with Crippen molar-refractivity contribution in [2.24, 2.45) is 0 Å². The number of piperidine rings is 1. The fourth-order valence-corrected chi connectivity index (χ4v) is 3.85. The fraction of sp³-hybridized carbons (Fsp3) is 0.478. The third-order valence-electron chi connectivity index (χ3n) is 5.20. The molecular weight excluding hydrogens is 393 g/mol. The number of alkyl halides is 3. The third-order valence-corrected chi connectivity index (χ3v) is 5.20. The van der Waals surface area contributed by atoms with Gasteiger partial charge in [-0.3, -0.25) is 5.32 Å². The van der Waals surface area contributed by atoms with Crippen molar-refractivity contribution < 1.29 is 22.6 Å². The van der Waals surface area contributed by atoms with E-state index in [4.69, 9.17) is 9.47 Å². The quantitative estimate of drug-likeness (QED) is 0.601. The first-order valence-electron chi connectivity index (χ1n) is 10.2. The second-order valence-corrected chi connectivity index (χ2v) is 7.79. The Morgan fingerprint density at radius 2 is 1.83 bits per heavy atom. The smallest absolute Gasteiger partial charge is 0.416 e. The summed E-state index contributed by atoms with van der Waals surface area (Å²) in [7, 11) is 1.49. The second-order valence-electron chi connectivity index (χ2n) is 7.79. The van der Waals surface area contributed by atoms with E-state index in [1.807, 2.05) is 32.0 Å². The van der Waals surface area contributed by atoms with Crippen LogP contribution in [0.15, 0.2) is 48.5 Å². The molecule has 2 N–H and O–H groups in total. The lowest BCUT2D eigenvalue weighted by Gasteiger charge is -2.36. The number of methoxy groups -OCH3 is 1. The van der Waals surface area contributed by atoms with Crippen LogP contribution in [-0.2, 0) is 10.9 Å². The Morgan fingerprint density at radius 1 is 1.10 bits per heavy atom. The molecule has 0 radical (unpaired) electrons. The van der Waals surface area contributed by atoms with Crippen LogP contribution in [0.2, 0.25) is 0 Å². The third kappa shape index (κ3) is 5.53. The van der Waals surface area contributed by atoms with Crippen LogP contribution in [0.5, 0.6) is 5.75 Å². The second kappa shape index (κ2) is 9.81. The van der Waals surface area contributed by atoms with Crippen molar-refractivity contribution in [3.05, 3.63) is 65.2 Å². The SMILES string of the molecule is COC(N[C@H]1CCCN[C@H]1c1ccccc1)c1cc(C(F)(F)F)ccc1OC(C)C. The lowest BCUT2D eigenvalue weighted by molar-refractivity contribution is -0.137. The normalized spacial score (nSPS) is 20.9. The van der Waals surface area contributed by atoms with Crippen molar-refractivity contribution in [3.63, 3.8) is 0 Å². The van der Waals surface area contributed by atoms with Crippen LogP contribution >= 0.6 is 0 Å². The van der Waals surface area contributed by atoms with Crippen molar-refractivity contribution in [1.29, 1.82) is 0 Å². The molecule has 1 heterocycles. The van der Waals surface area contributed by atoms with E-state index >= 15 is 0 Å². The van der Waals surface area contributed by atoms with E-state index in [2.05, 4.69) is 22.8 Å². The number of hydrogen-bond acceptors (Lipinski definition) is 4. The Kier molecular flexibility index (Phi) is 7.39. The van der Waals surface area contributed by atoms with Gasteiger partial charge in [-0.25, -0.2) is 0 Å². The molecule has 1 aliphatic heterocycles. The zero-order valence-corrected chi connectivity index (χ0v) is 17.5. The number of halogens is 3. The van der Waals surface area contributed by atoms with Crippen LogP contribution < -0.4 is 15.4 Å². The van der Waals surface area contributed by atoms with Crippen LogP contribution in [0, 0.1) is 0 Å². The summed E-state index contributed by atoms with van der Waals surface area (Å²) in [5.41, 5.74) is 0.754. The van der Waals surface area contributed by atoms with E-state index in [-0.39, 0.29) is 18.2 Å². The Labute approximate surface area is 175 Å². The zero-order valence-electron chi connectivity index (χ0n) is 17.5. The molecule has 1 saturated heterocycles. The molecule has 1 unspecified atom stereocenters. The summed E-state index contributed by atoms with van der Waals surface area (Å²) < 4.78 is 51.5. The molecule has 7 heteroatoms. The number of benzene rings is 2. The largest absolute Gasteiger partial charge is 0.491 e. The number of hydrogen-bond donors (Lipinski definition) is 2. The summed E-state index contributed by atoms with van der Waals surface area (Å²) in [4.78, 5) is 0. The van der Waals surface area contributed by atoms with Gasteiger partial charge in [0.15, 0.2) is 0 Å². The maximum Gasteiger partial charge on any atom is 0.416 e. The van der Waals surface area contributed by atoms with Gasteiger partial charge in [-0.1, -0.05) is 30.3 Å². The fourth-order valence-electron chi connectivity index (χ4n) is 3.85. The van der Waals surface area contributed by atoms with Gasteiger partial charge in [-0.2, -0.15) is 13.2 Å². The molecule has 0 aromatic heterocycles. The first-order valence-corrected chi connectivity index (χ1v) is 10.2. The van der Waals surface area contributed by atoms with Crippen LogP contribution in [0.1, 0.15) is 55.6 Å². The monoisotopic (exact) mass is 422 g/mol. The molecule has 1 fully saturated rings. The molecule has 0 bridgehead atoms. The molecule has 0 spiro atoms. The minimum Gasteiger partial charge on any atom is -0.491 e. The van der Waals surface area contributed by atoms with Crippen LogP contribution in [-0.4, -0.2) is 25.8 Å². The predicted molar refractivity (Wildman–Crippen MR) is 110 cm³/mol. The Morgan fingerprint density at radius 3 is 2.47 bits per heavy atom. The molecule has 4 nitrogen and oxygen atoms in total. The molecule has 3 atom stereocenters. The first kappa shape index (κ1) is 22.6. The predicted octanol–water partition coefficient (Wildman–Crippen LogP) is 5.22. The van der Waals surface area contributed by atoms with Crippen molar-refractivity contribution in [1.82, 2.24) is 10.6 Å². The maximum absolute atomic E-state index is 13.4. The summed E-state index contributed by atoms with van der Waals surface area (Å²) in [6, 6.07) is 13.6. The highest BCUT2D eigenvalue weighted by Crippen LogP contribution is 2.36. The van der Waals surface area contributed by atoms with Crippen molar-refractivity contribution in [2.75, 3.05) is 13.7 Å². The van der Waals surface area contributed by atoms with Crippen LogP contribution in [0.3, 0.4) is 0 Å². The highest BCUT2D eigenvalue weighted by molar-refractivity contribution is 5.40. The maximum atomic E-state index is 13.4. The Hall–Kier alpha value is -2.09. The number of nitrogens with one attached hydrogen (secondary N) is 2. The van der Waals surface area contributed by atoms with Crippen LogP contribution in [0.25, 0.3) is 0 Å². The summed E-state index contributed by atoms with van der Waals surface area (Å²) in [5, 5.41) is 6.95. The van der Waals surface area contributed by atoms with E-state index in [0.29, 0.717) is 11.3 Å². The van der Waals surface area contributed by atoms with E-state index < -0.39 is 18.0 Å². The van der Waals surface area contributed by atoms with Gasteiger partial charge in [0.25, 0.3) is 0 Å². The summed E-state index contributed by atoms with van der Waals surface area (Å²) in [6.07, 6.45) is -3.51. The Balaban J connectivity index is 1.91. The average molecular weight is 422 g/mol. The molecule has 0 aliphatic carbocycles. The Bertz CT molecular complexity index is 812. The summed E-state index contributed by atoms with van der Waals surface area (Å²) in [5.74, 6) is 0.386. The van der Waals surface area contributed by atoms with E-state index in [1.54, 1.807) is 0 Å². The van der Waals surface area contributed by atoms with Gasteiger partial charge in [-0.05, 0) is 57.0 Å². The van der Waals surface area contributed by atoms with E-state index in [1.165, 1.54) is 13.2 Å². The van der Waals surface area contributed by atoms with E-state index in [9.17, 15) is 13.2 Å². The summed E-state index contributed by atoms with van der Waals surface area (Å²) >= 11 is 0. The molecule has 0 amide bonds. The number of rotatable bonds is 7. The molecule has 164 valence electrons. The molecule has 30 heavy (non-hydrogen) atoms. The molecular formula is C23H29F3N2O2. The van der Waals surface area contributed by atoms with Crippen LogP contribution in [0.4, 0.5) is 13.2 Å². The molecule has 1 aliphatic rings. The topological polar surface area (TPSA) is 42.5 Å². The minimum absolute atomic E-state index is 0.00690. The van der Waals surface area contributed by atoms with Gasteiger partial charge in [0.05, 0.1) is 11.7 Å². The molecule has 3 rings (SSSR count). The molecule has 0 saturated carbocycles. The standard InChI is InChI=1S/C23H29F3N2O2/c1-15(2)30-20-12-11-17(23(24,25)26)14-18(20)22(29-3)28-19-10-7-13-27-21(19)16-8-5-4-6-9-16/h4-6,8-9,11-12,14-15,19,21-22,27-28H,7,10,13H2,1-3H3/t19-,21-,22?/m0/s1. The van der Waals surface area contributed by atoms with Crippen molar-refractivity contribution in [3.8, 4) is 5.75 Å². The van der Waals surface area contributed by atoms with Gasteiger partial charge in [0, 0.05) is 24.8 Å². The summed E-state index contributed by atoms with van der Waals surface area (Å²) in [6.45, 7) is 4.57. The van der Waals surface area contributed by atoms with Gasteiger partial charge in [0.1, 0.15) is 12.0 Å².